The summed E-state index contributed by atoms with van der Waals surface area (Å²) in [5.41, 5.74) is 1.60. The van der Waals surface area contributed by atoms with E-state index < -0.39 is 23.6 Å². The van der Waals surface area contributed by atoms with Gasteiger partial charge in [-0.3, -0.25) is 4.98 Å². The molecule has 0 amide bonds. The maximum Gasteiger partial charge on any atom is 0.172 e. The van der Waals surface area contributed by atoms with Crippen LogP contribution in [0.5, 0.6) is 5.75 Å². The quantitative estimate of drug-likeness (QED) is 0.165. The molecule has 0 saturated carbocycles. The first-order valence-electron chi connectivity index (χ1n) is 13.0. The molecule has 0 spiro atoms. The SMILES string of the molecule is COc1ccc2ncc(N(C)C)c([C@H](F)CCC3(CO)CCN(CCSc4cc(F)cc(F)c4F)CC3)c2c1. The molecule has 1 aliphatic heterocycles. The molecule has 4 rings (SSSR count). The van der Waals surface area contributed by atoms with E-state index in [4.69, 9.17) is 4.74 Å². The normalized spacial score (nSPS) is 16.4. The molecule has 0 bridgehead atoms. The maximum atomic E-state index is 16.0. The van der Waals surface area contributed by atoms with Crippen molar-refractivity contribution in [1.82, 2.24) is 9.88 Å². The fourth-order valence-corrected chi connectivity index (χ4v) is 6.22. The number of methoxy groups -OCH3 is 1. The fourth-order valence-electron chi connectivity index (χ4n) is 5.23. The number of ether oxygens (including phenoxy) is 1. The molecular weight excluding hydrogens is 530 g/mol. The zero-order valence-electron chi connectivity index (χ0n) is 22.5. The van der Waals surface area contributed by atoms with Gasteiger partial charge >= 0.3 is 0 Å². The zero-order valence-corrected chi connectivity index (χ0v) is 23.3. The smallest absolute Gasteiger partial charge is 0.172 e. The van der Waals surface area contributed by atoms with Crippen molar-refractivity contribution < 1.29 is 27.4 Å². The highest BCUT2D eigenvalue weighted by atomic mass is 32.2. The summed E-state index contributed by atoms with van der Waals surface area (Å²) in [6.45, 7) is 2.00. The third kappa shape index (κ3) is 6.78. The number of benzene rings is 2. The van der Waals surface area contributed by atoms with E-state index in [0.717, 1.165) is 17.8 Å². The highest BCUT2D eigenvalue weighted by Gasteiger charge is 2.35. The zero-order chi connectivity index (χ0) is 28.2. The third-order valence-corrected chi connectivity index (χ3v) is 8.69. The molecule has 2 aromatic carbocycles. The number of aromatic nitrogens is 1. The number of piperidine rings is 1. The van der Waals surface area contributed by atoms with E-state index in [1.54, 1.807) is 13.3 Å². The van der Waals surface area contributed by atoms with Crippen molar-refractivity contribution in [2.45, 2.75) is 36.8 Å². The summed E-state index contributed by atoms with van der Waals surface area (Å²) >= 11 is 1.08. The Kier molecular flexibility index (Phi) is 9.61. The summed E-state index contributed by atoms with van der Waals surface area (Å²) in [7, 11) is 5.30. The van der Waals surface area contributed by atoms with Gasteiger partial charge in [-0.15, -0.1) is 11.8 Å². The van der Waals surface area contributed by atoms with Crippen LogP contribution in [0.2, 0.25) is 0 Å². The standard InChI is InChI=1S/C29H35F4N3O2S/c1-35(2)25-17-34-24-5-4-20(38-3)16-21(24)27(25)22(31)6-7-29(18-37)8-10-36(11-9-29)12-13-39-26-15-19(30)14-23(32)28(26)33/h4-5,14-17,22,37H,6-13,18H2,1-3H3/t22-/m1/s1. The van der Waals surface area contributed by atoms with E-state index in [1.807, 2.05) is 37.2 Å². The van der Waals surface area contributed by atoms with Crippen molar-refractivity contribution in [3.63, 3.8) is 0 Å². The average Bonchev–Trinajstić information content (AvgIpc) is 2.94. The summed E-state index contributed by atoms with van der Waals surface area (Å²) < 4.78 is 62.2. The van der Waals surface area contributed by atoms with E-state index >= 15 is 4.39 Å². The van der Waals surface area contributed by atoms with Crippen LogP contribution in [0, 0.1) is 22.9 Å². The number of pyridine rings is 1. The minimum absolute atomic E-state index is 0.0262. The Hall–Kier alpha value is -2.56. The molecule has 1 fully saturated rings. The van der Waals surface area contributed by atoms with Gasteiger partial charge in [0.25, 0.3) is 0 Å². The number of nitrogens with zero attached hydrogens (tertiary/aromatic N) is 3. The van der Waals surface area contributed by atoms with Crippen LogP contribution in [0.3, 0.4) is 0 Å². The second-order valence-electron chi connectivity index (χ2n) is 10.4. The Morgan fingerprint density at radius 3 is 2.56 bits per heavy atom. The van der Waals surface area contributed by atoms with Crippen molar-refractivity contribution in [3.05, 3.63) is 59.5 Å². The van der Waals surface area contributed by atoms with E-state index in [9.17, 15) is 18.3 Å². The summed E-state index contributed by atoms with van der Waals surface area (Å²) in [6, 6.07) is 7.00. The van der Waals surface area contributed by atoms with Crippen LogP contribution >= 0.6 is 11.8 Å². The van der Waals surface area contributed by atoms with Gasteiger partial charge in [-0.05, 0) is 68.5 Å². The van der Waals surface area contributed by atoms with Gasteiger partial charge in [0.1, 0.15) is 17.7 Å². The van der Waals surface area contributed by atoms with Crippen molar-refractivity contribution in [1.29, 1.82) is 0 Å². The molecule has 39 heavy (non-hydrogen) atoms. The number of aliphatic hydroxyl groups is 1. The van der Waals surface area contributed by atoms with E-state index in [1.165, 1.54) is 0 Å². The molecular formula is C29H35F4N3O2S. The largest absolute Gasteiger partial charge is 0.497 e. The highest BCUT2D eigenvalue weighted by molar-refractivity contribution is 7.99. The molecule has 1 aliphatic rings. The Morgan fingerprint density at radius 2 is 1.90 bits per heavy atom. The Labute approximate surface area is 231 Å². The molecule has 2 heterocycles. The Morgan fingerprint density at radius 1 is 1.15 bits per heavy atom. The molecule has 3 aromatic rings. The molecule has 1 N–H and O–H groups in total. The first kappa shape index (κ1) is 29.4. The number of hydrogen-bond donors (Lipinski definition) is 1. The molecule has 1 atom stereocenters. The van der Waals surface area contributed by atoms with Crippen LogP contribution in [-0.4, -0.2) is 68.2 Å². The summed E-state index contributed by atoms with van der Waals surface area (Å²) in [6.07, 6.45) is 2.64. The number of aliphatic hydroxyl groups excluding tert-OH is 1. The lowest BCUT2D eigenvalue weighted by atomic mass is 9.74. The van der Waals surface area contributed by atoms with Gasteiger partial charge in [-0.25, -0.2) is 17.6 Å². The molecule has 212 valence electrons. The number of likely N-dealkylation sites (tertiary alicyclic amines) is 1. The number of thioether (sulfide) groups is 1. The Bertz CT molecular complexity index is 1290. The predicted octanol–water partition coefficient (Wildman–Crippen LogP) is 6.38. The van der Waals surface area contributed by atoms with Crippen molar-refractivity contribution in [3.8, 4) is 5.75 Å². The molecule has 0 radical (unpaired) electrons. The van der Waals surface area contributed by atoms with Gasteiger partial charge in [0.15, 0.2) is 11.6 Å². The number of hydrogen-bond acceptors (Lipinski definition) is 6. The fraction of sp³-hybridized carbons (Fsp3) is 0.483. The minimum Gasteiger partial charge on any atom is -0.497 e. The summed E-state index contributed by atoms with van der Waals surface area (Å²) in [4.78, 5) is 8.50. The number of halogens is 4. The predicted molar refractivity (Wildman–Crippen MR) is 148 cm³/mol. The topological polar surface area (TPSA) is 48.8 Å². The average molecular weight is 566 g/mol. The lowest BCUT2D eigenvalue weighted by Crippen LogP contribution is -2.42. The van der Waals surface area contributed by atoms with Gasteiger partial charge in [0, 0.05) is 54.9 Å². The molecule has 1 aromatic heterocycles. The first-order chi connectivity index (χ1) is 18.7. The van der Waals surface area contributed by atoms with Gasteiger partial charge in [0.2, 0.25) is 0 Å². The van der Waals surface area contributed by atoms with Crippen LogP contribution in [0.1, 0.15) is 37.4 Å². The number of rotatable bonds is 11. The summed E-state index contributed by atoms with van der Waals surface area (Å²) in [5.74, 6) is -1.91. The second-order valence-corrected chi connectivity index (χ2v) is 11.5. The number of fused-ring (bicyclic) bond motifs is 1. The van der Waals surface area contributed by atoms with E-state index in [0.29, 0.717) is 78.6 Å². The lowest BCUT2D eigenvalue weighted by molar-refractivity contribution is 0.0323. The molecule has 1 saturated heterocycles. The van der Waals surface area contributed by atoms with Gasteiger partial charge in [-0.1, -0.05) is 0 Å². The lowest BCUT2D eigenvalue weighted by Gasteiger charge is -2.41. The first-order valence-corrected chi connectivity index (χ1v) is 14.0. The molecule has 10 heteroatoms. The van der Waals surface area contributed by atoms with Crippen LogP contribution < -0.4 is 9.64 Å². The second kappa shape index (κ2) is 12.7. The van der Waals surface area contributed by atoms with Crippen molar-refractivity contribution in [2.24, 2.45) is 5.41 Å². The molecule has 0 unspecified atom stereocenters. The van der Waals surface area contributed by atoms with E-state index in [-0.39, 0.29) is 23.3 Å². The van der Waals surface area contributed by atoms with Crippen molar-refractivity contribution >= 4 is 28.4 Å². The Balaban J connectivity index is 1.38. The third-order valence-electron chi connectivity index (χ3n) is 7.70. The van der Waals surface area contributed by atoms with Gasteiger partial charge in [0.05, 0.1) is 24.5 Å². The van der Waals surface area contributed by atoms with Crippen molar-refractivity contribution in [2.75, 3.05) is 58.1 Å². The van der Waals surface area contributed by atoms with Gasteiger partial charge in [-0.2, -0.15) is 0 Å². The molecule has 0 aliphatic carbocycles. The van der Waals surface area contributed by atoms with Crippen LogP contribution in [0.25, 0.3) is 10.9 Å². The van der Waals surface area contributed by atoms with Crippen LogP contribution in [0.15, 0.2) is 41.4 Å². The van der Waals surface area contributed by atoms with Crippen LogP contribution in [0.4, 0.5) is 23.2 Å². The van der Waals surface area contributed by atoms with Gasteiger partial charge < -0.3 is 19.6 Å². The number of anilines is 1. The maximum absolute atomic E-state index is 16.0. The summed E-state index contributed by atoms with van der Waals surface area (Å²) in [5, 5.41) is 11.0. The molecule has 5 nitrogen and oxygen atoms in total. The van der Waals surface area contributed by atoms with E-state index in [2.05, 4.69) is 9.88 Å². The number of alkyl halides is 1. The highest BCUT2D eigenvalue weighted by Crippen LogP contribution is 2.42. The monoisotopic (exact) mass is 565 g/mol. The van der Waals surface area contributed by atoms with Crippen LogP contribution in [-0.2, 0) is 0 Å². The minimum atomic E-state index is -1.25.